The zero-order chi connectivity index (χ0) is 13.2. The van der Waals surface area contributed by atoms with Crippen LogP contribution < -0.4 is 0 Å². The van der Waals surface area contributed by atoms with Gasteiger partial charge in [-0.1, -0.05) is 13.3 Å². The Hall–Kier alpha value is -0.740. The van der Waals surface area contributed by atoms with Crippen molar-refractivity contribution in [2.75, 3.05) is 5.75 Å². The highest BCUT2D eigenvalue weighted by Crippen LogP contribution is 2.40. The minimum atomic E-state index is 0.467. The van der Waals surface area contributed by atoms with Gasteiger partial charge in [-0.2, -0.15) is 11.8 Å². The topological polar surface area (TPSA) is 30.7 Å². The number of hydrogen-bond donors (Lipinski definition) is 0. The molecule has 102 valence electrons. The summed E-state index contributed by atoms with van der Waals surface area (Å²) in [6.45, 7) is 2.23. The summed E-state index contributed by atoms with van der Waals surface area (Å²) in [4.78, 5) is 8.79. The largest absolute Gasteiger partial charge is 0.323 e. The van der Waals surface area contributed by atoms with E-state index >= 15 is 0 Å². The maximum absolute atomic E-state index is 6.10. The fraction of sp³-hybridized carbons (Fsp3) is 0.571. The van der Waals surface area contributed by atoms with Gasteiger partial charge in [-0.25, -0.2) is 4.98 Å². The number of imidazole rings is 1. The average molecular weight is 296 g/mol. The molecule has 0 spiro atoms. The fourth-order valence-corrected chi connectivity index (χ4v) is 4.51. The number of alkyl halides is 1. The van der Waals surface area contributed by atoms with E-state index < -0.39 is 0 Å². The Morgan fingerprint density at radius 1 is 1.47 bits per heavy atom. The molecular formula is C14H18ClN3S. The van der Waals surface area contributed by atoms with Gasteiger partial charge in [-0.3, -0.25) is 4.98 Å². The molecular weight excluding hydrogens is 278 g/mol. The van der Waals surface area contributed by atoms with Crippen LogP contribution in [0.25, 0.3) is 11.0 Å². The van der Waals surface area contributed by atoms with E-state index in [2.05, 4.69) is 39.3 Å². The number of nitrogens with zero attached hydrogens (tertiary/aromatic N) is 3. The van der Waals surface area contributed by atoms with Crippen molar-refractivity contribution >= 4 is 34.4 Å². The highest BCUT2D eigenvalue weighted by molar-refractivity contribution is 7.99. The molecule has 0 saturated heterocycles. The first kappa shape index (κ1) is 13.3. The van der Waals surface area contributed by atoms with E-state index in [4.69, 9.17) is 11.6 Å². The molecule has 0 N–H and O–H groups in total. The predicted molar refractivity (Wildman–Crippen MR) is 81.9 cm³/mol. The van der Waals surface area contributed by atoms with Crippen molar-refractivity contribution < 1.29 is 0 Å². The van der Waals surface area contributed by atoms with Crippen LogP contribution in [0.15, 0.2) is 18.5 Å². The normalized spacial score (nSPS) is 23.3. The van der Waals surface area contributed by atoms with Crippen molar-refractivity contribution in [3.8, 4) is 0 Å². The van der Waals surface area contributed by atoms with Gasteiger partial charge in [0.25, 0.3) is 0 Å². The standard InChI is InChI=1S/C14H18ClN3S/c1-2-19-13-5-3-4-12(13)18-11-6-7-16-9-10(11)17-14(18)8-15/h6-7,9,12-13H,2-5,8H2,1H3. The van der Waals surface area contributed by atoms with Crippen molar-refractivity contribution in [2.24, 2.45) is 0 Å². The monoisotopic (exact) mass is 295 g/mol. The molecule has 0 aromatic carbocycles. The summed E-state index contributed by atoms with van der Waals surface area (Å²) in [5.41, 5.74) is 2.14. The average Bonchev–Trinajstić information content (AvgIpc) is 3.02. The molecule has 2 aromatic heterocycles. The number of rotatable bonds is 4. The number of fused-ring (bicyclic) bond motifs is 1. The molecule has 2 unspecified atom stereocenters. The first-order valence-corrected chi connectivity index (χ1v) is 8.42. The molecule has 0 bridgehead atoms. The van der Waals surface area contributed by atoms with Gasteiger partial charge in [-0.05, 0) is 24.7 Å². The lowest BCUT2D eigenvalue weighted by molar-refractivity contribution is 0.527. The highest BCUT2D eigenvalue weighted by Gasteiger charge is 2.31. The number of pyridine rings is 1. The van der Waals surface area contributed by atoms with Crippen LogP contribution in [0.2, 0.25) is 0 Å². The summed E-state index contributed by atoms with van der Waals surface area (Å²) in [6.07, 6.45) is 7.51. The molecule has 5 heteroatoms. The van der Waals surface area contributed by atoms with E-state index in [-0.39, 0.29) is 0 Å². The highest BCUT2D eigenvalue weighted by atomic mass is 35.5. The lowest BCUT2D eigenvalue weighted by Gasteiger charge is -2.22. The lowest BCUT2D eigenvalue weighted by Crippen LogP contribution is -2.18. The van der Waals surface area contributed by atoms with Crippen molar-refractivity contribution in [2.45, 2.75) is 43.4 Å². The SMILES string of the molecule is CCSC1CCCC1n1c(CCl)nc2cnccc21. The number of hydrogen-bond acceptors (Lipinski definition) is 3. The molecule has 2 aromatic rings. The maximum atomic E-state index is 6.10. The van der Waals surface area contributed by atoms with Crippen LogP contribution in [-0.4, -0.2) is 25.5 Å². The second kappa shape index (κ2) is 5.71. The van der Waals surface area contributed by atoms with Gasteiger partial charge >= 0.3 is 0 Å². The number of aromatic nitrogens is 3. The Labute approximate surface area is 122 Å². The molecule has 1 aliphatic rings. The van der Waals surface area contributed by atoms with Crippen LogP contribution in [-0.2, 0) is 5.88 Å². The molecule has 2 heterocycles. The summed E-state index contributed by atoms with van der Waals surface area (Å²) in [5, 5.41) is 0.692. The Bertz CT molecular complexity index is 569. The van der Waals surface area contributed by atoms with Gasteiger partial charge in [0.05, 0.1) is 17.6 Å². The minimum Gasteiger partial charge on any atom is -0.323 e. The Balaban J connectivity index is 2.07. The van der Waals surface area contributed by atoms with Crippen molar-refractivity contribution in [3.05, 3.63) is 24.3 Å². The number of halogens is 1. The van der Waals surface area contributed by atoms with Gasteiger partial charge in [-0.15, -0.1) is 11.6 Å². The molecule has 3 rings (SSSR count). The summed E-state index contributed by atoms with van der Waals surface area (Å²) in [6, 6.07) is 2.59. The Morgan fingerprint density at radius 2 is 2.37 bits per heavy atom. The smallest absolute Gasteiger partial charge is 0.125 e. The molecule has 1 aliphatic carbocycles. The third-order valence-corrected chi connectivity index (χ3v) is 5.36. The van der Waals surface area contributed by atoms with E-state index in [1.807, 2.05) is 12.4 Å². The van der Waals surface area contributed by atoms with Crippen LogP contribution in [0, 0.1) is 0 Å². The first-order valence-electron chi connectivity index (χ1n) is 6.83. The third kappa shape index (κ3) is 2.36. The summed E-state index contributed by atoms with van der Waals surface area (Å²) in [5.74, 6) is 2.62. The van der Waals surface area contributed by atoms with Gasteiger partial charge in [0.1, 0.15) is 11.3 Å². The second-order valence-corrected chi connectivity index (χ2v) is 6.67. The minimum absolute atomic E-state index is 0.467. The zero-order valence-corrected chi connectivity index (χ0v) is 12.6. The van der Waals surface area contributed by atoms with E-state index in [1.54, 1.807) is 0 Å². The van der Waals surface area contributed by atoms with Crippen LogP contribution in [0.3, 0.4) is 0 Å². The van der Waals surface area contributed by atoms with Crippen LogP contribution >= 0.6 is 23.4 Å². The van der Waals surface area contributed by atoms with Crippen LogP contribution in [0.4, 0.5) is 0 Å². The van der Waals surface area contributed by atoms with E-state index in [9.17, 15) is 0 Å². The summed E-state index contributed by atoms with van der Waals surface area (Å²) < 4.78 is 2.37. The van der Waals surface area contributed by atoms with E-state index in [0.717, 1.165) is 11.3 Å². The number of thioether (sulfide) groups is 1. The van der Waals surface area contributed by atoms with Crippen molar-refractivity contribution in [1.29, 1.82) is 0 Å². The molecule has 19 heavy (non-hydrogen) atoms. The molecule has 0 aliphatic heterocycles. The van der Waals surface area contributed by atoms with Crippen molar-refractivity contribution in [3.63, 3.8) is 0 Å². The predicted octanol–water partition coefficient (Wildman–Crippen LogP) is 4.02. The molecule has 0 amide bonds. The maximum Gasteiger partial charge on any atom is 0.125 e. The van der Waals surface area contributed by atoms with Gasteiger partial charge in [0.2, 0.25) is 0 Å². The second-order valence-electron chi connectivity index (χ2n) is 4.89. The zero-order valence-electron chi connectivity index (χ0n) is 11.1. The van der Waals surface area contributed by atoms with Gasteiger partial charge < -0.3 is 4.57 Å². The summed E-state index contributed by atoms with van der Waals surface area (Å²) >= 11 is 8.16. The first-order chi connectivity index (χ1) is 9.35. The lowest BCUT2D eigenvalue weighted by atomic mass is 10.2. The molecule has 2 atom stereocenters. The molecule has 1 fully saturated rings. The van der Waals surface area contributed by atoms with E-state index in [0.29, 0.717) is 17.2 Å². The molecule has 1 saturated carbocycles. The Kier molecular flexibility index (Phi) is 3.99. The molecule has 0 radical (unpaired) electrons. The van der Waals surface area contributed by atoms with Gasteiger partial charge in [0, 0.05) is 17.5 Å². The quantitative estimate of drug-likeness (QED) is 0.798. The van der Waals surface area contributed by atoms with Gasteiger partial charge in [0.15, 0.2) is 0 Å². The van der Waals surface area contributed by atoms with Crippen molar-refractivity contribution in [1.82, 2.24) is 14.5 Å². The third-order valence-electron chi connectivity index (χ3n) is 3.81. The fourth-order valence-electron chi connectivity index (χ4n) is 3.08. The summed E-state index contributed by atoms with van der Waals surface area (Å²) in [7, 11) is 0. The van der Waals surface area contributed by atoms with Crippen LogP contribution in [0.5, 0.6) is 0 Å². The van der Waals surface area contributed by atoms with E-state index in [1.165, 1.54) is 30.5 Å². The van der Waals surface area contributed by atoms with Crippen LogP contribution in [0.1, 0.15) is 38.1 Å². The molecule has 3 nitrogen and oxygen atoms in total. The Morgan fingerprint density at radius 3 is 3.16 bits per heavy atom.